The van der Waals surface area contributed by atoms with Gasteiger partial charge >= 0.3 is 0 Å². The molecule has 2 aromatic rings. The highest BCUT2D eigenvalue weighted by molar-refractivity contribution is 7.88. The molecule has 0 spiro atoms. The Balaban J connectivity index is 1.90. The van der Waals surface area contributed by atoms with Crippen molar-refractivity contribution in [1.29, 1.82) is 0 Å². The van der Waals surface area contributed by atoms with Crippen LogP contribution in [0.1, 0.15) is 25.2 Å². The van der Waals surface area contributed by atoms with E-state index in [4.69, 9.17) is 0 Å². The maximum Gasteiger partial charge on any atom is 0.208 e. The smallest absolute Gasteiger partial charge is 0.208 e. The van der Waals surface area contributed by atoms with Crippen LogP contribution < -0.4 is 10.0 Å². The zero-order chi connectivity index (χ0) is 15.5. The highest BCUT2D eigenvalue weighted by Gasteiger charge is 2.13. The molecule has 0 bridgehead atoms. The Kier molecular flexibility index (Phi) is 4.97. The molecule has 1 atom stereocenters. The number of imidazole rings is 1. The fraction of sp³-hybridized carbons (Fsp3) is 0.500. The molecule has 2 N–H and O–H groups in total. The monoisotopic (exact) mass is 310 g/mol. The maximum atomic E-state index is 10.9. The largest absolute Gasteiger partial charge is 0.330 e. The van der Waals surface area contributed by atoms with E-state index in [2.05, 4.69) is 32.6 Å². The number of aryl methyl sites for hydroxylation is 1. The number of rotatable bonds is 7. The van der Waals surface area contributed by atoms with E-state index in [-0.39, 0.29) is 6.04 Å². The van der Waals surface area contributed by atoms with Crippen LogP contribution in [0.2, 0.25) is 0 Å². The molecule has 116 valence electrons. The third-order valence-corrected chi connectivity index (χ3v) is 4.11. The average Bonchev–Trinajstić information content (AvgIpc) is 2.75. The zero-order valence-electron chi connectivity index (χ0n) is 12.6. The number of fused-ring (bicyclic) bond motifs is 1. The van der Waals surface area contributed by atoms with Gasteiger partial charge in [0.25, 0.3) is 0 Å². The third-order valence-electron chi connectivity index (χ3n) is 3.38. The van der Waals surface area contributed by atoms with Gasteiger partial charge in [-0.2, -0.15) is 0 Å². The van der Waals surface area contributed by atoms with Crippen LogP contribution in [0.3, 0.4) is 0 Å². The van der Waals surface area contributed by atoms with Gasteiger partial charge < -0.3 is 9.88 Å². The van der Waals surface area contributed by atoms with Crippen LogP contribution in [0.4, 0.5) is 0 Å². The van der Waals surface area contributed by atoms with Crippen molar-refractivity contribution >= 4 is 21.1 Å². The number of sulfonamides is 1. The van der Waals surface area contributed by atoms with E-state index < -0.39 is 10.0 Å². The van der Waals surface area contributed by atoms with E-state index >= 15 is 0 Å². The molecule has 21 heavy (non-hydrogen) atoms. The van der Waals surface area contributed by atoms with Crippen molar-refractivity contribution < 1.29 is 8.42 Å². The van der Waals surface area contributed by atoms with E-state index in [1.165, 1.54) is 6.26 Å². The summed E-state index contributed by atoms with van der Waals surface area (Å²) in [4.78, 5) is 4.64. The zero-order valence-corrected chi connectivity index (χ0v) is 13.4. The number of para-hydroxylation sites is 2. The first-order chi connectivity index (χ1) is 9.88. The fourth-order valence-corrected chi connectivity index (χ4v) is 2.82. The Morgan fingerprint density at radius 3 is 2.67 bits per heavy atom. The maximum absolute atomic E-state index is 10.9. The van der Waals surface area contributed by atoms with Gasteiger partial charge in [0.15, 0.2) is 0 Å². The average molecular weight is 310 g/mol. The van der Waals surface area contributed by atoms with Crippen molar-refractivity contribution in [3.05, 3.63) is 30.1 Å². The molecule has 0 amide bonds. The van der Waals surface area contributed by atoms with E-state index in [9.17, 15) is 8.42 Å². The van der Waals surface area contributed by atoms with Gasteiger partial charge in [0.1, 0.15) is 5.82 Å². The van der Waals surface area contributed by atoms with Crippen molar-refractivity contribution in [2.45, 2.75) is 19.4 Å². The van der Waals surface area contributed by atoms with E-state index in [0.29, 0.717) is 6.54 Å². The lowest BCUT2D eigenvalue weighted by Crippen LogP contribution is -2.28. The summed E-state index contributed by atoms with van der Waals surface area (Å²) in [5, 5.41) is 3.37. The first kappa shape index (κ1) is 15.9. The predicted molar refractivity (Wildman–Crippen MR) is 84.6 cm³/mol. The second-order valence-electron chi connectivity index (χ2n) is 5.21. The summed E-state index contributed by atoms with van der Waals surface area (Å²) >= 11 is 0. The molecule has 1 unspecified atom stereocenters. The number of benzene rings is 1. The van der Waals surface area contributed by atoms with Gasteiger partial charge in [-0.15, -0.1) is 0 Å². The van der Waals surface area contributed by atoms with Gasteiger partial charge in [0, 0.05) is 13.6 Å². The third kappa shape index (κ3) is 4.26. The molecule has 0 aliphatic carbocycles. The summed E-state index contributed by atoms with van der Waals surface area (Å²) in [6.07, 6.45) is 1.91. The number of nitrogens with zero attached hydrogens (tertiary/aromatic N) is 2. The molecule has 0 aliphatic heterocycles. The summed E-state index contributed by atoms with van der Waals surface area (Å²) < 4.78 is 26.5. The number of aromatic nitrogens is 2. The molecule has 1 aromatic heterocycles. The van der Waals surface area contributed by atoms with Crippen LogP contribution in [0.5, 0.6) is 0 Å². The second kappa shape index (κ2) is 6.55. The standard InChI is InChI=1S/C14H22N4O2S/c1-11(15-9-6-10-16-21(3,19)20)14-17-12-7-4-5-8-13(12)18(14)2/h4-5,7-8,11,15-16H,6,9-10H2,1-3H3. The van der Waals surface area contributed by atoms with E-state index in [0.717, 1.165) is 29.8 Å². The second-order valence-corrected chi connectivity index (χ2v) is 7.05. The number of hydrogen-bond donors (Lipinski definition) is 2. The summed E-state index contributed by atoms with van der Waals surface area (Å²) in [7, 11) is -1.09. The Morgan fingerprint density at radius 2 is 2.00 bits per heavy atom. The highest BCUT2D eigenvalue weighted by atomic mass is 32.2. The van der Waals surface area contributed by atoms with Gasteiger partial charge in [-0.3, -0.25) is 0 Å². The number of hydrogen-bond acceptors (Lipinski definition) is 4. The lowest BCUT2D eigenvalue weighted by atomic mass is 10.3. The van der Waals surface area contributed by atoms with Gasteiger partial charge in [0.05, 0.1) is 23.3 Å². The molecular formula is C14H22N4O2S. The summed E-state index contributed by atoms with van der Waals surface area (Å²) in [6, 6.07) is 8.15. The minimum atomic E-state index is -3.10. The van der Waals surface area contributed by atoms with Crippen LogP contribution in [0.25, 0.3) is 11.0 Å². The van der Waals surface area contributed by atoms with E-state index in [1.807, 2.05) is 25.2 Å². The molecule has 0 saturated heterocycles. The Hall–Kier alpha value is -1.44. The van der Waals surface area contributed by atoms with Gasteiger partial charge in [-0.1, -0.05) is 12.1 Å². The minimum absolute atomic E-state index is 0.112. The Labute approximate surface area is 125 Å². The Morgan fingerprint density at radius 1 is 1.29 bits per heavy atom. The SMILES string of the molecule is CC(NCCCNS(C)(=O)=O)c1nc2ccccc2n1C. The highest BCUT2D eigenvalue weighted by Crippen LogP contribution is 2.18. The van der Waals surface area contributed by atoms with Crippen molar-refractivity contribution in [2.75, 3.05) is 19.3 Å². The lowest BCUT2D eigenvalue weighted by Gasteiger charge is -2.13. The van der Waals surface area contributed by atoms with Crippen LogP contribution in [0, 0.1) is 0 Å². The fourth-order valence-electron chi connectivity index (χ4n) is 2.31. The lowest BCUT2D eigenvalue weighted by molar-refractivity contribution is 0.519. The normalized spacial score (nSPS) is 13.7. The topological polar surface area (TPSA) is 76.0 Å². The predicted octanol–water partition coefficient (Wildman–Crippen LogP) is 1.16. The van der Waals surface area contributed by atoms with Crippen molar-refractivity contribution in [1.82, 2.24) is 19.6 Å². The summed E-state index contributed by atoms with van der Waals surface area (Å²) in [6.45, 7) is 3.24. The molecule has 1 aromatic carbocycles. The van der Waals surface area contributed by atoms with Gasteiger partial charge in [0.2, 0.25) is 10.0 Å². The van der Waals surface area contributed by atoms with E-state index in [1.54, 1.807) is 0 Å². The summed E-state index contributed by atoms with van der Waals surface area (Å²) in [5.74, 6) is 0.979. The molecule has 1 heterocycles. The summed E-state index contributed by atoms with van der Waals surface area (Å²) in [5.41, 5.74) is 2.10. The molecule has 0 fully saturated rings. The van der Waals surface area contributed by atoms with Crippen molar-refractivity contribution in [3.63, 3.8) is 0 Å². The van der Waals surface area contributed by atoms with Crippen LogP contribution in [-0.2, 0) is 17.1 Å². The molecule has 0 aliphatic rings. The molecule has 0 radical (unpaired) electrons. The van der Waals surface area contributed by atoms with Crippen LogP contribution >= 0.6 is 0 Å². The van der Waals surface area contributed by atoms with Crippen molar-refractivity contribution in [2.24, 2.45) is 7.05 Å². The molecule has 6 nitrogen and oxygen atoms in total. The molecular weight excluding hydrogens is 288 g/mol. The Bertz CT molecular complexity index is 709. The molecule has 7 heteroatoms. The van der Waals surface area contributed by atoms with Gasteiger partial charge in [-0.05, 0) is 32.0 Å². The number of nitrogens with one attached hydrogen (secondary N) is 2. The van der Waals surface area contributed by atoms with Crippen LogP contribution in [0.15, 0.2) is 24.3 Å². The van der Waals surface area contributed by atoms with Crippen LogP contribution in [-0.4, -0.2) is 37.3 Å². The quantitative estimate of drug-likeness (QED) is 0.753. The first-order valence-corrected chi connectivity index (χ1v) is 8.87. The van der Waals surface area contributed by atoms with Crippen molar-refractivity contribution in [3.8, 4) is 0 Å². The molecule has 0 saturated carbocycles. The molecule has 2 rings (SSSR count). The minimum Gasteiger partial charge on any atom is -0.330 e. The first-order valence-electron chi connectivity index (χ1n) is 6.98. The van der Waals surface area contributed by atoms with Gasteiger partial charge in [-0.25, -0.2) is 18.1 Å².